The van der Waals surface area contributed by atoms with Crippen LogP contribution in [0.25, 0.3) is 0 Å². The largest absolute Gasteiger partial charge is 0.474 e. The maximum absolute atomic E-state index is 6.09. The first-order valence-electron chi connectivity index (χ1n) is 7.74. The number of methoxy groups -OCH3 is 1. The Balaban J connectivity index is 2.77. The number of hydrogen-bond acceptors (Lipinski definition) is 6. The van der Waals surface area contributed by atoms with E-state index >= 15 is 0 Å². The number of hydrogen-bond donors (Lipinski definition) is 2. The quantitative estimate of drug-likeness (QED) is 0.611. The average Bonchev–Trinajstić information content (AvgIpc) is 2.48. The molecule has 0 saturated carbocycles. The molecule has 1 rings (SSSR count). The molecule has 0 aliphatic carbocycles. The van der Waals surface area contributed by atoms with Gasteiger partial charge in [0, 0.05) is 20.1 Å². The number of nitrogens with two attached hydrogens (primary N) is 1. The van der Waals surface area contributed by atoms with Crippen LogP contribution in [0.1, 0.15) is 45.4 Å². The molecule has 6 nitrogen and oxygen atoms in total. The Kier molecular flexibility index (Phi) is 8.50. The summed E-state index contributed by atoms with van der Waals surface area (Å²) >= 11 is 0. The summed E-state index contributed by atoms with van der Waals surface area (Å²) in [7, 11) is 1.63. The molecule has 1 aromatic heterocycles. The van der Waals surface area contributed by atoms with Gasteiger partial charge in [-0.3, -0.25) is 0 Å². The van der Waals surface area contributed by atoms with Crippen LogP contribution in [0.5, 0.6) is 5.88 Å². The summed E-state index contributed by atoms with van der Waals surface area (Å²) in [5, 5.41) is 3.29. The standard InChI is InChI=1S/C15H28N4O2/c1-4-6-7-9-17-14-13(16)15(21-11-10-20-3)19-12(18-14)8-5-2/h4-11,16H2,1-3H3,(H,17,18,19). The zero-order chi connectivity index (χ0) is 15.5. The molecule has 3 N–H and O–H groups in total. The minimum absolute atomic E-state index is 0.429. The van der Waals surface area contributed by atoms with E-state index in [1.54, 1.807) is 7.11 Å². The van der Waals surface area contributed by atoms with Crippen LogP contribution in [-0.2, 0) is 11.2 Å². The number of ether oxygens (including phenoxy) is 2. The van der Waals surface area contributed by atoms with Crippen molar-refractivity contribution in [2.45, 2.75) is 46.0 Å². The molecule has 0 saturated heterocycles. The lowest BCUT2D eigenvalue weighted by molar-refractivity contribution is 0.144. The minimum atomic E-state index is 0.429. The zero-order valence-corrected chi connectivity index (χ0v) is 13.4. The molecule has 1 heterocycles. The van der Waals surface area contributed by atoms with Gasteiger partial charge in [-0.15, -0.1) is 0 Å². The molecular weight excluding hydrogens is 268 g/mol. The molecule has 120 valence electrons. The molecule has 0 amide bonds. The average molecular weight is 296 g/mol. The first-order valence-corrected chi connectivity index (χ1v) is 7.74. The van der Waals surface area contributed by atoms with Gasteiger partial charge in [0.25, 0.3) is 0 Å². The fourth-order valence-corrected chi connectivity index (χ4v) is 1.88. The molecule has 0 aromatic carbocycles. The molecule has 0 fully saturated rings. The fourth-order valence-electron chi connectivity index (χ4n) is 1.88. The second kappa shape index (κ2) is 10.2. The first kappa shape index (κ1) is 17.5. The lowest BCUT2D eigenvalue weighted by atomic mass is 10.2. The van der Waals surface area contributed by atoms with E-state index in [9.17, 15) is 0 Å². The highest BCUT2D eigenvalue weighted by Gasteiger charge is 2.12. The summed E-state index contributed by atoms with van der Waals surface area (Å²) in [4.78, 5) is 8.88. The van der Waals surface area contributed by atoms with Crippen molar-refractivity contribution in [3.05, 3.63) is 5.82 Å². The Morgan fingerprint density at radius 3 is 2.57 bits per heavy atom. The Hall–Kier alpha value is -1.56. The van der Waals surface area contributed by atoms with Gasteiger partial charge < -0.3 is 20.5 Å². The fraction of sp³-hybridized carbons (Fsp3) is 0.733. The van der Waals surface area contributed by atoms with Gasteiger partial charge in [0.05, 0.1) is 6.61 Å². The van der Waals surface area contributed by atoms with E-state index in [0.29, 0.717) is 30.6 Å². The first-order chi connectivity index (χ1) is 10.2. The summed E-state index contributed by atoms with van der Waals surface area (Å²) in [5.74, 6) is 1.89. The van der Waals surface area contributed by atoms with Gasteiger partial charge >= 0.3 is 0 Å². The van der Waals surface area contributed by atoms with E-state index in [1.807, 2.05) is 0 Å². The number of rotatable bonds is 11. The van der Waals surface area contributed by atoms with Crippen LogP contribution in [-0.4, -0.2) is 36.8 Å². The van der Waals surface area contributed by atoms with Crippen molar-refractivity contribution in [1.82, 2.24) is 9.97 Å². The third-order valence-corrected chi connectivity index (χ3v) is 3.03. The number of unbranched alkanes of at least 4 members (excludes halogenated alkanes) is 2. The molecule has 21 heavy (non-hydrogen) atoms. The van der Waals surface area contributed by atoms with Crippen LogP contribution < -0.4 is 15.8 Å². The normalized spacial score (nSPS) is 10.6. The van der Waals surface area contributed by atoms with Crippen molar-refractivity contribution in [2.24, 2.45) is 0 Å². The molecule has 0 atom stereocenters. The maximum Gasteiger partial charge on any atom is 0.242 e. The second-order valence-electron chi connectivity index (χ2n) is 4.93. The van der Waals surface area contributed by atoms with E-state index in [-0.39, 0.29) is 0 Å². The Morgan fingerprint density at radius 2 is 1.90 bits per heavy atom. The van der Waals surface area contributed by atoms with Gasteiger partial charge in [-0.05, 0) is 12.8 Å². The lowest BCUT2D eigenvalue weighted by Crippen LogP contribution is -2.13. The van der Waals surface area contributed by atoms with Crippen molar-refractivity contribution in [1.29, 1.82) is 0 Å². The number of aromatic nitrogens is 2. The highest BCUT2D eigenvalue weighted by molar-refractivity contribution is 5.66. The zero-order valence-electron chi connectivity index (χ0n) is 13.4. The van der Waals surface area contributed by atoms with Crippen molar-refractivity contribution >= 4 is 11.5 Å². The molecule has 0 aliphatic rings. The lowest BCUT2D eigenvalue weighted by Gasteiger charge is -2.14. The van der Waals surface area contributed by atoms with Crippen molar-refractivity contribution in [2.75, 3.05) is 37.9 Å². The summed E-state index contributed by atoms with van der Waals surface area (Å²) in [6.45, 7) is 6.07. The van der Waals surface area contributed by atoms with Gasteiger partial charge in [-0.2, -0.15) is 4.98 Å². The van der Waals surface area contributed by atoms with Crippen LogP contribution in [0.4, 0.5) is 11.5 Å². The topological polar surface area (TPSA) is 82.3 Å². The van der Waals surface area contributed by atoms with Crippen molar-refractivity contribution in [3.8, 4) is 5.88 Å². The van der Waals surface area contributed by atoms with Gasteiger partial charge in [0.1, 0.15) is 18.1 Å². The van der Waals surface area contributed by atoms with Crippen LogP contribution >= 0.6 is 0 Å². The van der Waals surface area contributed by atoms with Crippen LogP contribution in [0.2, 0.25) is 0 Å². The number of nitrogens with zero attached hydrogens (tertiary/aromatic N) is 2. The summed E-state index contributed by atoms with van der Waals surface area (Å²) in [6.07, 6.45) is 5.27. The molecule has 0 bridgehead atoms. The SMILES string of the molecule is CCCCCNc1nc(CCC)nc(OCCOC)c1N. The summed E-state index contributed by atoms with van der Waals surface area (Å²) in [5.41, 5.74) is 6.57. The molecule has 6 heteroatoms. The highest BCUT2D eigenvalue weighted by Crippen LogP contribution is 2.26. The molecule has 1 aromatic rings. The van der Waals surface area contributed by atoms with E-state index in [4.69, 9.17) is 15.2 Å². The van der Waals surface area contributed by atoms with E-state index in [2.05, 4.69) is 29.1 Å². The number of nitrogens with one attached hydrogen (secondary N) is 1. The minimum Gasteiger partial charge on any atom is -0.474 e. The molecule has 0 spiro atoms. The molecular formula is C15H28N4O2. The van der Waals surface area contributed by atoms with Gasteiger partial charge in [0.15, 0.2) is 5.82 Å². The third-order valence-electron chi connectivity index (χ3n) is 3.03. The van der Waals surface area contributed by atoms with E-state index in [1.165, 1.54) is 12.8 Å². The summed E-state index contributed by atoms with van der Waals surface area (Å²) < 4.78 is 10.6. The van der Waals surface area contributed by atoms with E-state index < -0.39 is 0 Å². The van der Waals surface area contributed by atoms with Crippen LogP contribution in [0.15, 0.2) is 0 Å². The van der Waals surface area contributed by atoms with Crippen LogP contribution in [0.3, 0.4) is 0 Å². The van der Waals surface area contributed by atoms with Gasteiger partial charge in [-0.1, -0.05) is 26.7 Å². The predicted octanol–water partition coefficient (Wildman–Crippen LogP) is 2.64. The summed E-state index contributed by atoms with van der Waals surface area (Å²) in [6, 6.07) is 0. The maximum atomic E-state index is 6.09. The molecule has 0 aliphatic heterocycles. The van der Waals surface area contributed by atoms with Crippen molar-refractivity contribution in [3.63, 3.8) is 0 Å². The highest BCUT2D eigenvalue weighted by atomic mass is 16.5. The van der Waals surface area contributed by atoms with Crippen molar-refractivity contribution < 1.29 is 9.47 Å². The van der Waals surface area contributed by atoms with Gasteiger partial charge in [0.2, 0.25) is 5.88 Å². The van der Waals surface area contributed by atoms with E-state index in [0.717, 1.165) is 31.6 Å². The Morgan fingerprint density at radius 1 is 1.10 bits per heavy atom. The van der Waals surface area contributed by atoms with Crippen LogP contribution in [0, 0.1) is 0 Å². The monoisotopic (exact) mass is 296 g/mol. The number of aryl methyl sites for hydroxylation is 1. The smallest absolute Gasteiger partial charge is 0.242 e. The Bertz CT molecular complexity index is 413. The third kappa shape index (κ3) is 6.16. The predicted molar refractivity (Wildman–Crippen MR) is 85.8 cm³/mol. The molecule has 0 radical (unpaired) electrons. The Labute approximate surface area is 127 Å². The second-order valence-corrected chi connectivity index (χ2v) is 4.93. The number of nitrogen functional groups attached to an aromatic ring is 1. The molecule has 0 unspecified atom stereocenters. The van der Waals surface area contributed by atoms with Gasteiger partial charge in [-0.25, -0.2) is 4.98 Å². The number of anilines is 2.